The van der Waals surface area contributed by atoms with Gasteiger partial charge in [0.1, 0.15) is 0 Å². The predicted octanol–water partition coefficient (Wildman–Crippen LogP) is 4.74. The summed E-state index contributed by atoms with van der Waals surface area (Å²) in [5, 5.41) is 8.01. The van der Waals surface area contributed by atoms with E-state index >= 15 is 0 Å². The van der Waals surface area contributed by atoms with Gasteiger partial charge in [0.15, 0.2) is 0 Å². The number of aryl methyl sites for hydroxylation is 2. The van der Waals surface area contributed by atoms with Gasteiger partial charge in [0.25, 0.3) is 0 Å². The van der Waals surface area contributed by atoms with Gasteiger partial charge in [-0.25, -0.2) is 0 Å². The molecule has 0 saturated heterocycles. The second-order valence-electron chi connectivity index (χ2n) is 4.67. The van der Waals surface area contributed by atoms with Crippen LogP contribution in [0.1, 0.15) is 29.9 Å². The lowest BCUT2D eigenvalue weighted by atomic mass is 10.1. The third kappa shape index (κ3) is 2.87. The van der Waals surface area contributed by atoms with Crippen LogP contribution in [0.5, 0.6) is 0 Å². The molecule has 3 nitrogen and oxygen atoms in total. The highest BCUT2D eigenvalue weighted by Gasteiger charge is 2.17. The fraction of sp³-hybridized carbons (Fsp3) is 0.357. The first-order valence-electron chi connectivity index (χ1n) is 6.12. The number of benzene rings is 1. The molecule has 0 amide bonds. The van der Waals surface area contributed by atoms with Crippen molar-refractivity contribution >= 4 is 37.5 Å². The Morgan fingerprint density at radius 1 is 1.21 bits per heavy atom. The highest BCUT2D eigenvalue weighted by atomic mass is 79.9. The summed E-state index contributed by atoms with van der Waals surface area (Å²) in [6.07, 6.45) is 0. The van der Waals surface area contributed by atoms with Gasteiger partial charge in [-0.1, -0.05) is 6.07 Å². The van der Waals surface area contributed by atoms with Gasteiger partial charge in [0.2, 0.25) is 0 Å². The molecule has 0 aliphatic carbocycles. The van der Waals surface area contributed by atoms with Gasteiger partial charge < -0.3 is 5.32 Å². The van der Waals surface area contributed by atoms with E-state index in [1.807, 2.05) is 29.9 Å². The molecular weight excluding hydrogens is 370 g/mol. The molecule has 1 heterocycles. The van der Waals surface area contributed by atoms with E-state index in [9.17, 15) is 0 Å². The first-order valence-corrected chi connectivity index (χ1v) is 7.71. The third-order valence-electron chi connectivity index (χ3n) is 3.32. The van der Waals surface area contributed by atoms with E-state index in [0.29, 0.717) is 0 Å². The van der Waals surface area contributed by atoms with Gasteiger partial charge in [0.05, 0.1) is 17.4 Å². The Kier molecular flexibility index (Phi) is 4.36. The first kappa shape index (κ1) is 14.6. The Bertz CT molecular complexity index is 585. The molecule has 0 spiro atoms. The molecule has 0 bridgehead atoms. The lowest BCUT2D eigenvalue weighted by Crippen LogP contribution is -2.09. The number of hydrogen-bond acceptors (Lipinski definition) is 2. The van der Waals surface area contributed by atoms with Gasteiger partial charge in [0, 0.05) is 27.3 Å². The van der Waals surface area contributed by atoms with Gasteiger partial charge in [-0.15, -0.1) is 0 Å². The maximum Gasteiger partial charge on any atom is 0.0649 e. The standard InChI is InChI=1S/C14H17Br2N3/c1-8(13-9(2)18-19(4)10(13)3)17-14-11(15)6-5-7-12(14)16/h5-8,17H,1-4H3. The molecule has 19 heavy (non-hydrogen) atoms. The Balaban J connectivity index is 2.33. The molecule has 5 heteroatoms. The molecule has 0 aliphatic heterocycles. The minimum absolute atomic E-state index is 0.198. The van der Waals surface area contributed by atoms with Crippen LogP contribution in [0.25, 0.3) is 0 Å². The number of hydrogen-bond donors (Lipinski definition) is 1. The Labute approximate surface area is 130 Å². The van der Waals surface area contributed by atoms with Crippen LogP contribution in [0.3, 0.4) is 0 Å². The molecule has 2 rings (SSSR count). The minimum atomic E-state index is 0.198. The van der Waals surface area contributed by atoms with Crippen LogP contribution in [0, 0.1) is 13.8 Å². The normalized spacial score (nSPS) is 12.5. The summed E-state index contributed by atoms with van der Waals surface area (Å²) in [5.41, 5.74) is 4.59. The molecule has 102 valence electrons. The molecule has 2 aromatic rings. The number of halogens is 2. The summed E-state index contributed by atoms with van der Waals surface area (Å²) in [4.78, 5) is 0. The molecule has 1 N–H and O–H groups in total. The van der Waals surface area contributed by atoms with Crippen molar-refractivity contribution < 1.29 is 0 Å². The summed E-state index contributed by atoms with van der Waals surface area (Å²) < 4.78 is 4.03. The maximum absolute atomic E-state index is 4.47. The van der Waals surface area contributed by atoms with E-state index in [1.165, 1.54) is 11.3 Å². The van der Waals surface area contributed by atoms with E-state index in [1.54, 1.807) is 0 Å². The number of rotatable bonds is 3. The smallest absolute Gasteiger partial charge is 0.0649 e. The van der Waals surface area contributed by atoms with E-state index in [-0.39, 0.29) is 6.04 Å². The lowest BCUT2D eigenvalue weighted by Gasteiger charge is -2.18. The monoisotopic (exact) mass is 385 g/mol. The fourth-order valence-corrected chi connectivity index (χ4v) is 3.57. The largest absolute Gasteiger partial charge is 0.377 e. The van der Waals surface area contributed by atoms with Crippen molar-refractivity contribution in [3.63, 3.8) is 0 Å². The van der Waals surface area contributed by atoms with Gasteiger partial charge in [-0.3, -0.25) is 4.68 Å². The van der Waals surface area contributed by atoms with Crippen LogP contribution in [-0.4, -0.2) is 9.78 Å². The van der Waals surface area contributed by atoms with Gasteiger partial charge >= 0.3 is 0 Å². The number of para-hydroxylation sites is 1. The van der Waals surface area contributed by atoms with Crippen LogP contribution in [0.4, 0.5) is 5.69 Å². The van der Waals surface area contributed by atoms with Crippen molar-refractivity contribution in [1.29, 1.82) is 0 Å². The van der Waals surface area contributed by atoms with E-state index in [0.717, 1.165) is 20.3 Å². The Morgan fingerprint density at radius 3 is 2.26 bits per heavy atom. The van der Waals surface area contributed by atoms with E-state index < -0.39 is 0 Å². The zero-order valence-corrected chi connectivity index (χ0v) is 14.6. The van der Waals surface area contributed by atoms with E-state index in [2.05, 4.69) is 63.0 Å². The summed E-state index contributed by atoms with van der Waals surface area (Å²) in [6, 6.07) is 6.26. The van der Waals surface area contributed by atoms with Crippen LogP contribution in [-0.2, 0) is 7.05 Å². The summed E-state index contributed by atoms with van der Waals surface area (Å²) in [7, 11) is 1.98. The molecule has 1 unspecified atom stereocenters. The molecular formula is C14H17Br2N3. The number of anilines is 1. The average molecular weight is 387 g/mol. The average Bonchev–Trinajstić information content (AvgIpc) is 2.58. The zero-order valence-electron chi connectivity index (χ0n) is 11.5. The highest BCUT2D eigenvalue weighted by molar-refractivity contribution is 9.11. The molecule has 1 aromatic heterocycles. The summed E-state index contributed by atoms with van der Waals surface area (Å²) >= 11 is 7.15. The van der Waals surface area contributed by atoms with Crippen molar-refractivity contribution in [3.05, 3.63) is 44.1 Å². The van der Waals surface area contributed by atoms with Crippen molar-refractivity contribution in [2.24, 2.45) is 7.05 Å². The minimum Gasteiger partial charge on any atom is -0.377 e. The van der Waals surface area contributed by atoms with Crippen LogP contribution >= 0.6 is 31.9 Å². The van der Waals surface area contributed by atoms with Crippen LogP contribution < -0.4 is 5.32 Å². The molecule has 0 aliphatic rings. The zero-order chi connectivity index (χ0) is 14.2. The van der Waals surface area contributed by atoms with Gasteiger partial charge in [-0.05, 0) is 64.8 Å². The van der Waals surface area contributed by atoms with Crippen molar-refractivity contribution in [1.82, 2.24) is 9.78 Å². The molecule has 1 aromatic carbocycles. The first-order chi connectivity index (χ1) is 8.91. The number of nitrogens with zero attached hydrogens (tertiary/aromatic N) is 2. The fourth-order valence-electron chi connectivity index (χ4n) is 2.34. The molecule has 0 radical (unpaired) electrons. The third-order valence-corrected chi connectivity index (χ3v) is 4.64. The van der Waals surface area contributed by atoms with Crippen LogP contribution in [0.15, 0.2) is 27.1 Å². The van der Waals surface area contributed by atoms with E-state index in [4.69, 9.17) is 0 Å². The highest BCUT2D eigenvalue weighted by Crippen LogP contribution is 2.34. The second-order valence-corrected chi connectivity index (χ2v) is 6.38. The molecule has 1 atom stereocenters. The Morgan fingerprint density at radius 2 is 1.79 bits per heavy atom. The molecule has 0 fully saturated rings. The van der Waals surface area contributed by atoms with Crippen molar-refractivity contribution in [2.75, 3.05) is 5.32 Å². The predicted molar refractivity (Wildman–Crippen MR) is 86.6 cm³/mol. The van der Waals surface area contributed by atoms with Crippen molar-refractivity contribution in [3.8, 4) is 0 Å². The Hall–Kier alpha value is -0.810. The number of nitrogens with one attached hydrogen (secondary N) is 1. The lowest BCUT2D eigenvalue weighted by molar-refractivity contribution is 0.728. The quantitative estimate of drug-likeness (QED) is 0.825. The topological polar surface area (TPSA) is 29.9 Å². The summed E-state index contributed by atoms with van der Waals surface area (Å²) in [6.45, 7) is 6.31. The SMILES string of the molecule is Cc1nn(C)c(C)c1C(C)Nc1c(Br)cccc1Br. The second kappa shape index (κ2) is 5.67. The van der Waals surface area contributed by atoms with Crippen LogP contribution in [0.2, 0.25) is 0 Å². The number of aromatic nitrogens is 2. The maximum atomic E-state index is 4.47. The molecule has 0 saturated carbocycles. The van der Waals surface area contributed by atoms with Gasteiger partial charge in [-0.2, -0.15) is 5.10 Å². The van der Waals surface area contributed by atoms with Crippen molar-refractivity contribution in [2.45, 2.75) is 26.8 Å². The summed E-state index contributed by atoms with van der Waals surface area (Å²) in [5.74, 6) is 0.